The molecule has 2 rings (SSSR count). The Bertz CT molecular complexity index is 673. The van der Waals surface area contributed by atoms with Crippen molar-refractivity contribution in [3.05, 3.63) is 39.6 Å². The van der Waals surface area contributed by atoms with Crippen LogP contribution in [0.4, 0.5) is 5.69 Å². The maximum Gasteiger partial charge on any atom is 0.137 e. The Morgan fingerprint density at radius 2 is 2.25 bits per heavy atom. The molecule has 0 spiro atoms. The van der Waals surface area contributed by atoms with Crippen molar-refractivity contribution in [3.8, 4) is 11.8 Å². The van der Waals surface area contributed by atoms with Crippen LogP contribution in [0.15, 0.2) is 22.7 Å². The summed E-state index contributed by atoms with van der Waals surface area (Å²) in [7, 11) is 0. The highest BCUT2D eigenvalue weighted by atomic mass is 79.9. The van der Waals surface area contributed by atoms with Crippen LogP contribution in [0.5, 0.6) is 5.75 Å². The highest BCUT2D eigenvalue weighted by Gasteiger charge is 2.13. The van der Waals surface area contributed by atoms with Gasteiger partial charge in [-0.1, -0.05) is 0 Å². The number of hydrogen-bond donors (Lipinski definition) is 1. The molecule has 0 amide bonds. The molecule has 0 aliphatic carbocycles. The van der Waals surface area contributed by atoms with Crippen LogP contribution >= 0.6 is 15.9 Å². The van der Waals surface area contributed by atoms with Crippen molar-refractivity contribution in [2.24, 2.45) is 0 Å². The number of nitrogens with zero attached hydrogens (tertiary/aromatic N) is 3. The second-order valence-corrected chi connectivity index (χ2v) is 5.11. The fraction of sp³-hybridized carbons (Fsp3) is 0.286. The predicted octanol–water partition coefficient (Wildman–Crippen LogP) is 3.01. The molecule has 0 saturated heterocycles. The molecule has 0 unspecified atom stereocenters. The van der Waals surface area contributed by atoms with E-state index in [1.807, 2.05) is 18.5 Å². The molecule has 6 heteroatoms. The van der Waals surface area contributed by atoms with Gasteiger partial charge >= 0.3 is 0 Å². The third-order valence-electron chi connectivity index (χ3n) is 2.94. The zero-order chi connectivity index (χ0) is 14.7. The Hall–Kier alpha value is -2.00. The van der Waals surface area contributed by atoms with E-state index in [4.69, 9.17) is 15.7 Å². The van der Waals surface area contributed by atoms with Crippen molar-refractivity contribution < 1.29 is 4.74 Å². The van der Waals surface area contributed by atoms with Crippen LogP contribution in [0.2, 0.25) is 0 Å². The fourth-order valence-corrected chi connectivity index (χ4v) is 2.31. The van der Waals surface area contributed by atoms with Gasteiger partial charge in [-0.05, 0) is 48.0 Å². The molecule has 0 aliphatic rings. The molecule has 5 nitrogen and oxygen atoms in total. The van der Waals surface area contributed by atoms with E-state index in [0.717, 1.165) is 22.4 Å². The number of aryl methyl sites for hydroxylation is 2. The molecule has 20 heavy (non-hydrogen) atoms. The van der Waals surface area contributed by atoms with Crippen LogP contribution in [0.25, 0.3) is 0 Å². The van der Waals surface area contributed by atoms with Crippen molar-refractivity contribution in [3.63, 3.8) is 0 Å². The molecular weight excluding hydrogens is 320 g/mol. The predicted molar refractivity (Wildman–Crippen MR) is 80.2 cm³/mol. The van der Waals surface area contributed by atoms with Gasteiger partial charge < -0.3 is 10.5 Å². The molecule has 2 N–H and O–H groups in total. The van der Waals surface area contributed by atoms with Crippen molar-refractivity contribution in [1.82, 2.24) is 9.78 Å². The van der Waals surface area contributed by atoms with Gasteiger partial charge in [0.1, 0.15) is 18.4 Å². The second kappa shape index (κ2) is 5.97. The van der Waals surface area contributed by atoms with Crippen molar-refractivity contribution in [2.75, 3.05) is 5.73 Å². The number of ether oxygens (including phenoxy) is 1. The third kappa shape index (κ3) is 2.78. The maximum absolute atomic E-state index is 9.09. The average molecular weight is 335 g/mol. The van der Waals surface area contributed by atoms with E-state index in [1.54, 1.807) is 18.2 Å². The summed E-state index contributed by atoms with van der Waals surface area (Å²) in [5.41, 5.74) is 8.50. The third-order valence-corrected chi connectivity index (χ3v) is 3.97. The summed E-state index contributed by atoms with van der Waals surface area (Å²) >= 11 is 3.51. The molecule has 0 saturated carbocycles. The van der Waals surface area contributed by atoms with Crippen LogP contribution in [0.1, 0.15) is 23.9 Å². The maximum atomic E-state index is 9.09. The zero-order valence-electron chi connectivity index (χ0n) is 11.4. The number of rotatable bonds is 4. The van der Waals surface area contributed by atoms with Crippen molar-refractivity contribution in [2.45, 2.75) is 27.0 Å². The number of halogens is 1. The molecule has 1 heterocycles. The number of benzene rings is 1. The van der Waals surface area contributed by atoms with Gasteiger partial charge in [0.25, 0.3) is 0 Å². The largest absolute Gasteiger partial charge is 0.486 e. The van der Waals surface area contributed by atoms with Crippen molar-refractivity contribution >= 4 is 21.6 Å². The smallest absolute Gasteiger partial charge is 0.137 e. The van der Waals surface area contributed by atoms with E-state index in [0.29, 0.717) is 23.6 Å². The molecule has 1 aromatic heterocycles. The highest BCUT2D eigenvalue weighted by Crippen LogP contribution is 2.25. The van der Waals surface area contributed by atoms with Gasteiger partial charge in [0.2, 0.25) is 0 Å². The minimum atomic E-state index is 0.341. The molecule has 0 radical (unpaired) electrons. The van der Waals surface area contributed by atoms with Crippen molar-refractivity contribution in [1.29, 1.82) is 5.26 Å². The van der Waals surface area contributed by atoms with Gasteiger partial charge in [0.05, 0.1) is 21.4 Å². The summed E-state index contributed by atoms with van der Waals surface area (Å²) in [4.78, 5) is 0. The minimum Gasteiger partial charge on any atom is -0.486 e. The minimum absolute atomic E-state index is 0.341. The van der Waals surface area contributed by atoms with Crippen LogP contribution in [0, 0.1) is 18.3 Å². The lowest BCUT2D eigenvalue weighted by Crippen LogP contribution is -2.07. The quantitative estimate of drug-likeness (QED) is 0.872. The van der Waals surface area contributed by atoms with Gasteiger partial charge in [0, 0.05) is 12.2 Å². The van der Waals surface area contributed by atoms with E-state index in [9.17, 15) is 0 Å². The Labute approximate surface area is 126 Å². The van der Waals surface area contributed by atoms with E-state index >= 15 is 0 Å². The Morgan fingerprint density at radius 3 is 2.90 bits per heavy atom. The first-order chi connectivity index (χ1) is 9.56. The van der Waals surface area contributed by atoms with Gasteiger partial charge in [-0.3, -0.25) is 4.68 Å². The monoisotopic (exact) mass is 334 g/mol. The number of nitrogen functional groups attached to an aromatic ring is 1. The van der Waals surface area contributed by atoms with Crippen LogP contribution in [-0.4, -0.2) is 9.78 Å². The molecule has 104 valence electrons. The van der Waals surface area contributed by atoms with Gasteiger partial charge in [-0.2, -0.15) is 10.4 Å². The lowest BCUT2D eigenvalue weighted by Gasteiger charge is -2.10. The summed E-state index contributed by atoms with van der Waals surface area (Å²) in [6.45, 7) is 5.06. The van der Waals surface area contributed by atoms with Gasteiger partial charge in [0.15, 0.2) is 0 Å². The first-order valence-electron chi connectivity index (χ1n) is 6.21. The first-order valence-corrected chi connectivity index (χ1v) is 7.00. The number of hydrogen-bond acceptors (Lipinski definition) is 4. The summed E-state index contributed by atoms with van der Waals surface area (Å²) in [5.74, 6) is 0.523. The van der Waals surface area contributed by atoms with E-state index in [2.05, 4.69) is 27.1 Å². The average Bonchev–Trinajstić information content (AvgIpc) is 2.72. The first kappa shape index (κ1) is 14.4. The Kier molecular flexibility index (Phi) is 4.30. The molecule has 1 aromatic carbocycles. The number of nitriles is 1. The van der Waals surface area contributed by atoms with Gasteiger partial charge in [-0.15, -0.1) is 0 Å². The lowest BCUT2D eigenvalue weighted by atomic mass is 10.2. The molecule has 0 fully saturated rings. The fourth-order valence-electron chi connectivity index (χ4n) is 1.91. The van der Waals surface area contributed by atoms with Crippen LogP contribution in [-0.2, 0) is 13.2 Å². The number of nitrogens with two attached hydrogens (primary N) is 1. The SMILES string of the molecule is CCn1nc(C)c(Br)c1COc1ccc(N)cc1C#N. The Morgan fingerprint density at radius 1 is 1.50 bits per heavy atom. The van der Waals surface area contributed by atoms with Crippen LogP contribution in [0.3, 0.4) is 0 Å². The summed E-state index contributed by atoms with van der Waals surface area (Å²) in [6.07, 6.45) is 0. The lowest BCUT2D eigenvalue weighted by molar-refractivity contribution is 0.291. The van der Waals surface area contributed by atoms with Crippen LogP contribution < -0.4 is 10.5 Å². The highest BCUT2D eigenvalue weighted by molar-refractivity contribution is 9.10. The summed E-state index contributed by atoms with van der Waals surface area (Å²) in [6, 6.07) is 7.11. The summed E-state index contributed by atoms with van der Waals surface area (Å²) < 4.78 is 8.55. The van der Waals surface area contributed by atoms with Gasteiger partial charge in [-0.25, -0.2) is 0 Å². The van der Waals surface area contributed by atoms with E-state index < -0.39 is 0 Å². The topological polar surface area (TPSA) is 76.9 Å². The Balaban J connectivity index is 2.24. The molecule has 2 aromatic rings. The standard InChI is InChI=1S/C14H15BrN4O/c1-3-19-12(14(15)9(2)18-19)8-20-13-5-4-11(17)6-10(13)7-16/h4-6H,3,8,17H2,1-2H3. The molecule has 0 aliphatic heterocycles. The number of anilines is 1. The molecule has 0 atom stereocenters. The normalized spacial score (nSPS) is 10.3. The molecular formula is C14H15BrN4O. The summed E-state index contributed by atoms with van der Waals surface area (Å²) in [5, 5.41) is 13.5. The van der Waals surface area contributed by atoms with E-state index in [1.165, 1.54) is 0 Å². The number of aromatic nitrogens is 2. The van der Waals surface area contributed by atoms with E-state index in [-0.39, 0.29) is 0 Å². The molecule has 0 bridgehead atoms. The second-order valence-electron chi connectivity index (χ2n) is 4.32. The zero-order valence-corrected chi connectivity index (χ0v) is 12.9.